The first-order valence-corrected chi connectivity index (χ1v) is 13.2. The minimum atomic E-state index is -1.22. The molecule has 8 heteroatoms. The first-order chi connectivity index (χ1) is 14.1. The van der Waals surface area contributed by atoms with Gasteiger partial charge in [0.1, 0.15) is 0 Å². The second kappa shape index (κ2) is 10.8. The summed E-state index contributed by atoms with van der Waals surface area (Å²) in [6.07, 6.45) is 4.53. The third-order valence-corrected chi connectivity index (χ3v) is 8.62. The summed E-state index contributed by atoms with van der Waals surface area (Å²) < 4.78 is 45.3. The van der Waals surface area contributed by atoms with E-state index in [0.29, 0.717) is 51.4 Å². The molecule has 2 atom stereocenters. The molecule has 2 saturated carbocycles. The molecule has 2 unspecified atom stereocenters. The summed E-state index contributed by atoms with van der Waals surface area (Å²) in [5.74, 6) is 0. The van der Waals surface area contributed by atoms with Crippen molar-refractivity contribution >= 4 is 22.0 Å². The maximum absolute atomic E-state index is 11.9. The van der Waals surface area contributed by atoms with Crippen LogP contribution in [0, 0.1) is 0 Å². The van der Waals surface area contributed by atoms with E-state index in [1.54, 1.807) is 13.8 Å². The Morgan fingerprint density at radius 3 is 1.17 bits per heavy atom. The van der Waals surface area contributed by atoms with Gasteiger partial charge in [-0.1, -0.05) is 0 Å². The molecule has 0 spiro atoms. The van der Waals surface area contributed by atoms with Crippen LogP contribution in [0.15, 0.2) is 0 Å². The standard InChI is InChI=1S/2C11H23NO2S/c2*1-10(2,3)15(14)12-9-5-7-11(4,13)8-6-9/h2*9,12-13H,5-8H2,1-4H3/i2*9D. The van der Waals surface area contributed by atoms with Crippen LogP contribution >= 0.6 is 0 Å². The van der Waals surface area contributed by atoms with E-state index >= 15 is 0 Å². The van der Waals surface area contributed by atoms with E-state index in [0.717, 1.165) is 0 Å². The molecule has 2 aliphatic rings. The Kier molecular flexibility index (Phi) is 8.95. The van der Waals surface area contributed by atoms with Gasteiger partial charge in [-0.2, -0.15) is 0 Å². The van der Waals surface area contributed by atoms with E-state index in [4.69, 9.17) is 2.74 Å². The van der Waals surface area contributed by atoms with Gasteiger partial charge in [0.15, 0.2) is 0 Å². The van der Waals surface area contributed by atoms with E-state index in [2.05, 4.69) is 9.44 Å². The van der Waals surface area contributed by atoms with Gasteiger partial charge in [0, 0.05) is 14.8 Å². The summed E-state index contributed by atoms with van der Waals surface area (Å²) in [6.45, 7) is 14.9. The van der Waals surface area contributed by atoms with Crippen molar-refractivity contribution in [2.45, 2.75) is 139 Å². The van der Waals surface area contributed by atoms with Crippen molar-refractivity contribution in [3.05, 3.63) is 0 Å². The van der Waals surface area contributed by atoms with E-state index < -0.39 is 45.2 Å². The molecule has 180 valence electrons. The van der Waals surface area contributed by atoms with Gasteiger partial charge in [0.2, 0.25) is 0 Å². The summed E-state index contributed by atoms with van der Waals surface area (Å²) in [4.78, 5) is 0. The van der Waals surface area contributed by atoms with Crippen molar-refractivity contribution in [3.63, 3.8) is 0 Å². The average Bonchev–Trinajstić information content (AvgIpc) is 2.60. The van der Waals surface area contributed by atoms with Gasteiger partial charge in [-0.25, -0.2) is 17.9 Å². The summed E-state index contributed by atoms with van der Waals surface area (Å²) in [7, 11) is -2.44. The Hall–Kier alpha value is 0.140. The predicted octanol–water partition coefficient (Wildman–Crippen LogP) is 3.46. The van der Waals surface area contributed by atoms with Gasteiger partial charge in [-0.3, -0.25) is 0 Å². The van der Waals surface area contributed by atoms with Crippen molar-refractivity contribution < 1.29 is 21.4 Å². The summed E-state index contributed by atoms with van der Waals surface area (Å²) in [6, 6.07) is -1.69. The molecular weight excluding hydrogens is 420 g/mol. The highest BCUT2D eigenvalue weighted by Gasteiger charge is 2.32. The summed E-state index contributed by atoms with van der Waals surface area (Å²) in [5, 5.41) is 19.6. The van der Waals surface area contributed by atoms with Crippen LogP contribution in [0.4, 0.5) is 0 Å². The van der Waals surface area contributed by atoms with E-state index in [9.17, 15) is 18.6 Å². The van der Waals surface area contributed by atoms with Gasteiger partial charge in [0.25, 0.3) is 0 Å². The third kappa shape index (κ3) is 10.6. The lowest BCUT2D eigenvalue weighted by molar-refractivity contribution is 0.0160. The average molecular weight is 469 g/mol. The number of aliphatic hydroxyl groups is 2. The molecule has 0 heterocycles. The van der Waals surface area contributed by atoms with Crippen LogP contribution in [0.5, 0.6) is 0 Å². The first-order valence-electron chi connectivity index (χ1n) is 11.9. The van der Waals surface area contributed by atoms with Crippen molar-refractivity contribution in [2.75, 3.05) is 0 Å². The zero-order chi connectivity index (χ0) is 25.2. The van der Waals surface area contributed by atoms with Crippen LogP contribution in [0.25, 0.3) is 0 Å². The third-order valence-electron chi connectivity index (χ3n) is 5.45. The largest absolute Gasteiger partial charge is 0.390 e. The van der Waals surface area contributed by atoms with Crippen molar-refractivity contribution in [2.24, 2.45) is 0 Å². The summed E-state index contributed by atoms with van der Waals surface area (Å²) in [5.41, 5.74) is -1.31. The lowest BCUT2D eigenvalue weighted by Gasteiger charge is -2.34. The molecule has 0 saturated heterocycles. The van der Waals surface area contributed by atoms with Crippen molar-refractivity contribution in [3.8, 4) is 0 Å². The topological polar surface area (TPSA) is 98.7 Å². The van der Waals surface area contributed by atoms with Crippen LogP contribution in [0.3, 0.4) is 0 Å². The first kappa shape index (κ1) is 24.8. The molecule has 2 aliphatic carbocycles. The minimum Gasteiger partial charge on any atom is -0.390 e. The predicted molar refractivity (Wildman–Crippen MR) is 128 cm³/mol. The molecule has 6 nitrogen and oxygen atoms in total. The fourth-order valence-corrected chi connectivity index (χ4v) is 4.50. The lowest BCUT2D eigenvalue weighted by atomic mass is 9.84. The highest BCUT2D eigenvalue weighted by Crippen LogP contribution is 2.29. The van der Waals surface area contributed by atoms with E-state index in [1.165, 1.54) is 0 Å². The molecule has 4 N–H and O–H groups in total. The molecular formula is C22H46N2O4S2. The fraction of sp³-hybridized carbons (Fsp3) is 1.00. The van der Waals surface area contributed by atoms with Crippen LogP contribution in [-0.2, 0) is 22.0 Å². The van der Waals surface area contributed by atoms with Crippen molar-refractivity contribution in [1.82, 2.24) is 9.44 Å². The van der Waals surface area contributed by atoms with Gasteiger partial charge in [-0.05, 0) is 107 Å². The lowest BCUT2D eigenvalue weighted by Crippen LogP contribution is -2.44. The molecule has 0 radical (unpaired) electrons. The smallest absolute Gasteiger partial charge is 0.0972 e. The molecule has 0 amide bonds. The van der Waals surface area contributed by atoms with Gasteiger partial charge in [-0.15, -0.1) is 0 Å². The summed E-state index contributed by atoms with van der Waals surface area (Å²) >= 11 is 0. The molecule has 0 aromatic rings. The Morgan fingerprint density at radius 2 is 0.967 bits per heavy atom. The SMILES string of the molecule is [2H]C1(NS(=O)C(C)(C)C)CCC(C)(O)CC1.[2H]C1(NS(=O)C(C)(C)C)CCC(C)(O)CC1. The van der Waals surface area contributed by atoms with Gasteiger partial charge < -0.3 is 10.2 Å². The van der Waals surface area contributed by atoms with E-state index in [-0.39, 0.29) is 9.49 Å². The number of hydrogen-bond donors (Lipinski definition) is 4. The van der Waals surface area contributed by atoms with Gasteiger partial charge in [0.05, 0.1) is 42.7 Å². The van der Waals surface area contributed by atoms with Crippen LogP contribution in [-0.4, -0.2) is 51.4 Å². The van der Waals surface area contributed by atoms with Gasteiger partial charge >= 0.3 is 0 Å². The molecule has 30 heavy (non-hydrogen) atoms. The van der Waals surface area contributed by atoms with Crippen LogP contribution < -0.4 is 9.44 Å². The molecule has 0 aromatic carbocycles. The molecule has 0 aliphatic heterocycles. The maximum atomic E-state index is 11.9. The highest BCUT2D eigenvalue weighted by molar-refractivity contribution is 7.84. The maximum Gasteiger partial charge on any atom is 0.0972 e. The van der Waals surface area contributed by atoms with Crippen LogP contribution in [0.1, 0.15) is 109 Å². The van der Waals surface area contributed by atoms with Crippen molar-refractivity contribution in [1.29, 1.82) is 0 Å². The monoisotopic (exact) mass is 468 g/mol. The molecule has 0 aromatic heterocycles. The fourth-order valence-electron chi connectivity index (χ4n) is 2.95. The Balaban J connectivity index is 0.000000320. The second-order valence-electron chi connectivity index (χ2n) is 11.2. The number of hydrogen-bond acceptors (Lipinski definition) is 4. The minimum absolute atomic E-state index is 0.353. The molecule has 2 rings (SSSR count). The Labute approximate surface area is 192 Å². The Bertz CT molecular complexity index is 610. The normalized spacial score (nSPS) is 41.0. The zero-order valence-electron chi connectivity index (χ0n) is 22.2. The quantitative estimate of drug-likeness (QED) is 0.508. The zero-order valence-corrected chi connectivity index (χ0v) is 21.8. The molecule has 2 fully saturated rings. The highest BCUT2D eigenvalue weighted by atomic mass is 32.2. The Morgan fingerprint density at radius 1 is 0.733 bits per heavy atom. The van der Waals surface area contributed by atoms with E-state index in [1.807, 2.05) is 41.5 Å². The number of nitrogens with one attached hydrogen (secondary N) is 2. The molecule has 0 bridgehead atoms. The number of rotatable bonds is 4. The van der Waals surface area contributed by atoms with Crippen LogP contribution in [0.2, 0.25) is 0 Å². The second-order valence-corrected chi connectivity index (χ2v) is 15.1.